The first kappa shape index (κ1) is 16.3. The molecule has 1 fully saturated rings. The largest absolute Gasteiger partial charge is 0.493 e. The van der Waals surface area contributed by atoms with Crippen molar-refractivity contribution < 1.29 is 19.4 Å². The molecule has 1 heterocycles. The summed E-state index contributed by atoms with van der Waals surface area (Å²) in [4.78, 5) is 25.4. The molecule has 0 spiro atoms. The highest BCUT2D eigenvalue weighted by molar-refractivity contribution is 5.97. The van der Waals surface area contributed by atoms with Crippen LogP contribution < -0.4 is 4.74 Å². The average Bonchev–Trinajstić information content (AvgIpc) is 2.52. The average molecular weight is 305 g/mol. The van der Waals surface area contributed by atoms with Crippen LogP contribution in [-0.4, -0.2) is 41.1 Å². The van der Waals surface area contributed by atoms with Crippen molar-refractivity contribution in [2.75, 3.05) is 13.2 Å². The molecular formula is C17H23NO4. The molecule has 5 nitrogen and oxygen atoms in total. The van der Waals surface area contributed by atoms with Crippen molar-refractivity contribution >= 4 is 11.9 Å². The summed E-state index contributed by atoms with van der Waals surface area (Å²) < 4.78 is 5.63. The van der Waals surface area contributed by atoms with Crippen molar-refractivity contribution in [1.29, 1.82) is 0 Å². The van der Waals surface area contributed by atoms with E-state index >= 15 is 0 Å². The van der Waals surface area contributed by atoms with E-state index in [0.717, 1.165) is 12.8 Å². The summed E-state index contributed by atoms with van der Waals surface area (Å²) in [5.74, 6) is -0.122. The van der Waals surface area contributed by atoms with Gasteiger partial charge in [-0.05, 0) is 43.4 Å². The van der Waals surface area contributed by atoms with Gasteiger partial charge in [-0.3, -0.25) is 4.79 Å². The van der Waals surface area contributed by atoms with Crippen LogP contribution in [0.4, 0.5) is 0 Å². The second kappa shape index (κ2) is 7.29. The number of rotatable bonds is 5. The van der Waals surface area contributed by atoms with Crippen molar-refractivity contribution in [3.63, 3.8) is 0 Å². The van der Waals surface area contributed by atoms with Crippen LogP contribution in [0, 0.1) is 5.92 Å². The van der Waals surface area contributed by atoms with E-state index in [1.807, 2.05) is 6.07 Å². The van der Waals surface area contributed by atoms with E-state index in [1.165, 1.54) is 4.90 Å². The molecule has 0 aromatic heterocycles. The van der Waals surface area contributed by atoms with E-state index in [4.69, 9.17) is 4.74 Å². The van der Waals surface area contributed by atoms with Gasteiger partial charge in [-0.25, -0.2) is 4.79 Å². The SMILES string of the molecule is CC(C)COc1cccc(C(=O)N2CCCCC2C(=O)O)c1. The first-order chi connectivity index (χ1) is 10.5. The minimum absolute atomic E-state index is 0.234. The molecule has 1 aromatic carbocycles. The number of hydrogen-bond donors (Lipinski definition) is 1. The molecule has 120 valence electrons. The second-order valence-electron chi connectivity index (χ2n) is 6.08. The molecule has 0 radical (unpaired) electrons. The number of benzene rings is 1. The summed E-state index contributed by atoms with van der Waals surface area (Å²) in [5.41, 5.74) is 0.481. The van der Waals surface area contributed by atoms with Crippen LogP contribution in [0.1, 0.15) is 43.5 Å². The van der Waals surface area contributed by atoms with E-state index in [0.29, 0.717) is 36.8 Å². The molecule has 2 rings (SSSR count). The number of amides is 1. The molecule has 5 heteroatoms. The lowest BCUT2D eigenvalue weighted by Crippen LogP contribution is -2.47. The molecule has 0 bridgehead atoms. The Morgan fingerprint density at radius 2 is 2.14 bits per heavy atom. The highest BCUT2D eigenvalue weighted by Gasteiger charge is 2.32. The van der Waals surface area contributed by atoms with Crippen LogP contribution in [0.3, 0.4) is 0 Å². The Bertz CT molecular complexity index is 541. The molecule has 1 aliphatic rings. The third-order valence-electron chi connectivity index (χ3n) is 3.71. The number of carbonyl (C=O) groups is 2. The van der Waals surface area contributed by atoms with Crippen LogP contribution in [0.2, 0.25) is 0 Å². The van der Waals surface area contributed by atoms with Gasteiger partial charge in [0.05, 0.1) is 6.61 Å². The lowest BCUT2D eigenvalue weighted by Gasteiger charge is -2.33. The molecule has 1 aliphatic heterocycles. The maximum atomic E-state index is 12.6. The van der Waals surface area contributed by atoms with Gasteiger partial charge < -0.3 is 14.7 Å². The van der Waals surface area contributed by atoms with Crippen LogP contribution in [-0.2, 0) is 4.79 Å². The fraction of sp³-hybridized carbons (Fsp3) is 0.529. The number of hydrogen-bond acceptors (Lipinski definition) is 3. The van der Waals surface area contributed by atoms with Crippen LogP contribution >= 0.6 is 0 Å². The Kier molecular flexibility index (Phi) is 5.41. The third kappa shape index (κ3) is 4.00. The summed E-state index contributed by atoms with van der Waals surface area (Å²) in [6.45, 7) is 5.19. The quantitative estimate of drug-likeness (QED) is 0.908. The van der Waals surface area contributed by atoms with Crippen LogP contribution in [0.15, 0.2) is 24.3 Å². The smallest absolute Gasteiger partial charge is 0.326 e. The Morgan fingerprint density at radius 1 is 1.36 bits per heavy atom. The van der Waals surface area contributed by atoms with Crippen molar-refractivity contribution in [2.45, 2.75) is 39.2 Å². The minimum Gasteiger partial charge on any atom is -0.493 e. The van der Waals surface area contributed by atoms with E-state index < -0.39 is 12.0 Å². The molecule has 1 amide bonds. The van der Waals surface area contributed by atoms with E-state index in [1.54, 1.807) is 18.2 Å². The number of likely N-dealkylation sites (tertiary alicyclic amines) is 1. The van der Waals surface area contributed by atoms with E-state index in [-0.39, 0.29) is 5.91 Å². The van der Waals surface area contributed by atoms with Crippen molar-refractivity contribution in [3.05, 3.63) is 29.8 Å². The number of aliphatic carboxylic acids is 1. The first-order valence-corrected chi connectivity index (χ1v) is 7.75. The van der Waals surface area contributed by atoms with E-state index in [2.05, 4.69) is 13.8 Å². The summed E-state index contributed by atoms with van der Waals surface area (Å²) in [6, 6.07) is 6.25. The third-order valence-corrected chi connectivity index (χ3v) is 3.71. The molecular weight excluding hydrogens is 282 g/mol. The van der Waals surface area contributed by atoms with E-state index in [9.17, 15) is 14.7 Å². The number of ether oxygens (including phenoxy) is 1. The number of carbonyl (C=O) groups excluding carboxylic acids is 1. The first-order valence-electron chi connectivity index (χ1n) is 7.75. The molecule has 0 saturated carbocycles. The zero-order chi connectivity index (χ0) is 16.1. The van der Waals surface area contributed by atoms with Gasteiger partial charge in [0, 0.05) is 12.1 Å². The van der Waals surface area contributed by atoms with Crippen molar-refractivity contribution in [1.82, 2.24) is 4.90 Å². The van der Waals surface area contributed by atoms with Gasteiger partial charge in [-0.15, -0.1) is 0 Å². The molecule has 1 saturated heterocycles. The lowest BCUT2D eigenvalue weighted by molar-refractivity contribution is -0.143. The zero-order valence-electron chi connectivity index (χ0n) is 13.1. The number of nitrogens with zero attached hydrogens (tertiary/aromatic N) is 1. The summed E-state index contributed by atoms with van der Waals surface area (Å²) in [6.07, 6.45) is 2.21. The van der Waals surface area contributed by atoms with Crippen molar-refractivity contribution in [3.8, 4) is 5.75 Å². The Hall–Kier alpha value is -2.04. The summed E-state index contributed by atoms with van der Waals surface area (Å²) in [5, 5.41) is 9.29. The predicted molar refractivity (Wildman–Crippen MR) is 83.1 cm³/mol. The van der Waals surface area contributed by atoms with Gasteiger partial charge in [0.1, 0.15) is 11.8 Å². The lowest BCUT2D eigenvalue weighted by atomic mass is 10.0. The predicted octanol–water partition coefficient (Wildman–Crippen LogP) is 2.80. The molecule has 1 N–H and O–H groups in total. The minimum atomic E-state index is -0.930. The van der Waals surface area contributed by atoms with Crippen LogP contribution in [0.25, 0.3) is 0 Å². The van der Waals surface area contributed by atoms with Gasteiger partial charge in [0.15, 0.2) is 0 Å². The number of piperidine rings is 1. The summed E-state index contributed by atoms with van der Waals surface area (Å²) >= 11 is 0. The Morgan fingerprint density at radius 3 is 2.82 bits per heavy atom. The fourth-order valence-electron chi connectivity index (χ4n) is 2.58. The monoisotopic (exact) mass is 305 g/mol. The number of carboxylic acid groups (broad SMARTS) is 1. The Balaban J connectivity index is 2.14. The van der Waals surface area contributed by atoms with Gasteiger partial charge in [0.2, 0.25) is 0 Å². The highest BCUT2D eigenvalue weighted by atomic mass is 16.5. The van der Waals surface area contributed by atoms with Gasteiger partial charge in [-0.2, -0.15) is 0 Å². The molecule has 0 aliphatic carbocycles. The van der Waals surface area contributed by atoms with Crippen LogP contribution in [0.5, 0.6) is 5.75 Å². The molecule has 1 unspecified atom stereocenters. The van der Waals surface area contributed by atoms with Gasteiger partial charge in [-0.1, -0.05) is 19.9 Å². The second-order valence-corrected chi connectivity index (χ2v) is 6.08. The number of carboxylic acids is 1. The highest BCUT2D eigenvalue weighted by Crippen LogP contribution is 2.22. The van der Waals surface area contributed by atoms with Gasteiger partial charge >= 0.3 is 5.97 Å². The molecule has 1 aromatic rings. The normalized spacial score (nSPS) is 18.3. The van der Waals surface area contributed by atoms with Crippen molar-refractivity contribution in [2.24, 2.45) is 5.92 Å². The standard InChI is InChI=1S/C17H23NO4/c1-12(2)11-22-14-7-5-6-13(10-14)16(19)18-9-4-3-8-15(18)17(20)21/h5-7,10,12,15H,3-4,8-9,11H2,1-2H3,(H,20,21). The zero-order valence-corrected chi connectivity index (χ0v) is 13.1. The topological polar surface area (TPSA) is 66.8 Å². The van der Waals surface area contributed by atoms with Gasteiger partial charge in [0.25, 0.3) is 5.91 Å². The maximum absolute atomic E-state index is 12.6. The maximum Gasteiger partial charge on any atom is 0.326 e. The summed E-state index contributed by atoms with van der Waals surface area (Å²) in [7, 11) is 0. The fourth-order valence-corrected chi connectivity index (χ4v) is 2.58. The Labute approximate surface area is 130 Å². The molecule has 22 heavy (non-hydrogen) atoms. The molecule has 1 atom stereocenters.